The normalized spacial score (nSPS) is 11.5. The lowest BCUT2D eigenvalue weighted by molar-refractivity contribution is 0.130. The molecule has 0 spiro atoms. The molecule has 3 heteroatoms. The minimum Gasteiger partial charge on any atom is -0.488 e. The third kappa shape index (κ3) is 11.6. The van der Waals surface area contributed by atoms with Crippen LogP contribution in [0.25, 0.3) is 21.5 Å². The molecule has 0 aliphatic heterocycles. The van der Waals surface area contributed by atoms with Crippen LogP contribution in [0.1, 0.15) is 62.3 Å². The Morgan fingerprint density at radius 1 is 0.366 bits per heavy atom. The van der Waals surface area contributed by atoms with Gasteiger partial charge >= 0.3 is 0 Å². The Morgan fingerprint density at radius 3 is 1.46 bits per heavy atom. The first-order chi connectivity index (χ1) is 19.2. The maximum Gasteiger partial charge on any atom is 0.127 e. The van der Waals surface area contributed by atoms with Crippen molar-refractivity contribution in [1.29, 1.82) is 0 Å². The van der Waals surface area contributed by atoms with Crippen molar-refractivity contribution in [3.05, 3.63) is 115 Å². The summed E-state index contributed by atoms with van der Waals surface area (Å²) in [5.41, 5.74) is -0.381. The number of rotatable bonds is 3. The summed E-state index contributed by atoms with van der Waals surface area (Å²) < 4.78 is 17.3. The number of para-hydroxylation sites is 1. The Bertz CT molecular complexity index is 1490. The molecule has 216 valence electrons. The smallest absolute Gasteiger partial charge is 0.127 e. The fourth-order valence-corrected chi connectivity index (χ4v) is 4.04. The van der Waals surface area contributed by atoms with Crippen molar-refractivity contribution >= 4 is 21.5 Å². The average molecular weight is 551 g/mol. The molecule has 5 rings (SSSR count). The summed E-state index contributed by atoms with van der Waals surface area (Å²) in [5.74, 6) is 2.82. The molecule has 0 atom stereocenters. The van der Waals surface area contributed by atoms with Crippen LogP contribution in [-0.2, 0) is 0 Å². The first-order valence-electron chi connectivity index (χ1n) is 14.3. The minimum absolute atomic E-state index is 0.0959. The second-order valence-electron chi connectivity index (χ2n) is 12.9. The molecule has 0 N–H and O–H groups in total. The van der Waals surface area contributed by atoms with Gasteiger partial charge in [-0.25, -0.2) is 0 Å². The molecule has 5 aromatic carbocycles. The van der Waals surface area contributed by atoms with E-state index < -0.39 is 0 Å². The highest BCUT2D eigenvalue weighted by molar-refractivity contribution is 5.88. The van der Waals surface area contributed by atoms with Crippen LogP contribution in [-0.4, -0.2) is 16.8 Å². The zero-order valence-corrected chi connectivity index (χ0v) is 26.2. The molecule has 0 unspecified atom stereocenters. The third-order valence-electron chi connectivity index (χ3n) is 5.48. The second kappa shape index (κ2) is 13.6. The van der Waals surface area contributed by atoms with Gasteiger partial charge in [-0.15, -0.1) is 0 Å². The van der Waals surface area contributed by atoms with Crippen molar-refractivity contribution in [2.45, 2.75) is 79.1 Å². The van der Waals surface area contributed by atoms with Gasteiger partial charge < -0.3 is 14.2 Å². The van der Waals surface area contributed by atoms with E-state index >= 15 is 0 Å². The molecule has 0 saturated heterocycles. The van der Waals surface area contributed by atoms with Gasteiger partial charge in [0.1, 0.15) is 34.1 Å². The van der Waals surface area contributed by atoms with E-state index in [2.05, 4.69) is 84.0 Å². The first-order valence-corrected chi connectivity index (χ1v) is 14.3. The largest absolute Gasteiger partial charge is 0.488 e. The molecule has 0 amide bonds. The quantitative estimate of drug-likeness (QED) is 0.224. The summed E-state index contributed by atoms with van der Waals surface area (Å²) in [4.78, 5) is 0. The van der Waals surface area contributed by atoms with Crippen LogP contribution < -0.4 is 14.2 Å². The average Bonchev–Trinajstić information content (AvgIpc) is 2.87. The highest BCUT2D eigenvalue weighted by Crippen LogP contribution is 2.28. The maximum absolute atomic E-state index is 5.91. The predicted molar refractivity (Wildman–Crippen MR) is 175 cm³/mol. The standard InChI is InChI=1S/2C14H16O.C10H14O/c1-14(2,3)15-13-10-6-8-11-7-4-5-9-12(11)13;1-14(2,3)15-13-9-8-11-6-4-5-7-12(11)10-13;1-10(2,3)11-9-7-5-4-6-8-9/h2*4-10H,1-3H3;4-8H,1-3H3. The van der Waals surface area contributed by atoms with E-state index in [-0.39, 0.29) is 16.8 Å². The lowest BCUT2D eigenvalue weighted by atomic mass is 10.1. The van der Waals surface area contributed by atoms with Crippen molar-refractivity contribution in [3.8, 4) is 17.2 Å². The summed E-state index contributed by atoms with van der Waals surface area (Å²) in [6.45, 7) is 18.5. The van der Waals surface area contributed by atoms with Crippen molar-refractivity contribution in [1.82, 2.24) is 0 Å². The number of fused-ring (bicyclic) bond motifs is 2. The van der Waals surface area contributed by atoms with Gasteiger partial charge in [-0.2, -0.15) is 0 Å². The molecule has 3 nitrogen and oxygen atoms in total. The van der Waals surface area contributed by atoms with Crippen LogP contribution in [0, 0.1) is 0 Å². The van der Waals surface area contributed by atoms with Gasteiger partial charge in [-0.05, 0) is 109 Å². The van der Waals surface area contributed by atoms with Gasteiger partial charge in [-0.3, -0.25) is 0 Å². The van der Waals surface area contributed by atoms with Crippen molar-refractivity contribution in [2.75, 3.05) is 0 Å². The van der Waals surface area contributed by atoms with Gasteiger partial charge in [0.15, 0.2) is 0 Å². The zero-order valence-electron chi connectivity index (χ0n) is 26.2. The molecule has 41 heavy (non-hydrogen) atoms. The Hall–Kier alpha value is -3.98. The Morgan fingerprint density at radius 2 is 0.854 bits per heavy atom. The number of hydrogen-bond donors (Lipinski definition) is 0. The van der Waals surface area contributed by atoms with Crippen LogP contribution in [0.4, 0.5) is 0 Å². The van der Waals surface area contributed by atoms with E-state index in [0.29, 0.717) is 0 Å². The maximum atomic E-state index is 5.91. The van der Waals surface area contributed by atoms with Gasteiger partial charge in [0.05, 0.1) is 0 Å². The molecule has 0 fully saturated rings. The lowest BCUT2D eigenvalue weighted by Gasteiger charge is -2.22. The van der Waals surface area contributed by atoms with Crippen LogP contribution in [0.2, 0.25) is 0 Å². The van der Waals surface area contributed by atoms with Crippen molar-refractivity contribution in [2.24, 2.45) is 0 Å². The van der Waals surface area contributed by atoms with Gasteiger partial charge in [0.2, 0.25) is 0 Å². The summed E-state index contributed by atoms with van der Waals surface area (Å²) in [5, 5.41) is 4.87. The Balaban J connectivity index is 0.000000172. The molecule has 0 radical (unpaired) electrons. The Kier molecular flexibility index (Phi) is 10.5. The molecule has 0 bridgehead atoms. The van der Waals surface area contributed by atoms with E-state index in [9.17, 15) is 0 Å². The zero-order chi connectivity index (χ0) is 30.1. The number of hydrogen-bond acceptors (Lipinski definition) is 3. The predicted octanol–water partition coefficient (Wildman–Crippen LogP) is 10.9. The highest BCUT2D eigenvalue weighted by Gasteiger charge is 2.13. The highest BCUT2D eigenvalue weighted by atomic mass is 16.5. The third-order valence-corrected chi connectivity index (χ3v) is 5.48. The molecular formula is C38H46O3. The van der Waals surface area contributed by atoms with E-state index in [1.54, 1.807) is 0 Å². The summed E-state index contributed by atoms with van der Waals surface area (Å²) in [6.07, 6.45) is 0. The van der Waals surface area contributed by atoms with Crippen molar-refractivity contribution in [3.63, 3.8) is 0 Å². The van der Waals surface area contributed by atoms with E-state index in [1.807, 2.05) is 93.6 Å². The molecule has 0 aliphatic rings. The first kappa shape index (κ1) is 31.5. The van der Waals surface area contributed by atoms with Gasteiger partial charge in [0, 0.05) is 5.39 Å². The molecule has 0 heterocycles. The molecule has 0 saturated carbocycles. The van der Waals surface area contributed by atoms with Crippen LogP contribution >= 0.6 is 0 Å². The van der Waals surface area contributed by atoms with Gasteiger partial charge in [0.25, 0.3) is 0 Å². The fourth-order valence-electron chi connectivity index (χ4n) is 4.04. The minimum atomic E-state index is -0.149. The summed E-state index contributed by atoms with van der Waals surface area (Å²) in [6, 6.07) is 38.8. The van der Waals surface area contributed by atoms with Crippen LogP contribution in [0.3, 0.4) is 0 Å². The monoisotopic (exact) mass is 550 g/mol. The summed E-state index contributed by atoms with van der Waals surface area (Å²) in [7, 11) is 0. The molecule has 0 aliphatic carbocycles. The van der Waals surface area contributed by atoms with E-state index in [4.69, 9.17) is 14.2 Å². The molecular weight excluding hydrogens is 504 g/mol. The number of benzene rings is 5. The summed E-state index contributed by atoms with van der Waals surface area (Å²) >= 11 is 0. The molecule has 0 aromatic heterocycles. The fraction of sp³-hybridized carbons (Fsp3) is 0.316. The van der Waals surface area contributed by atoms with Crippen molar-refractivity contribution < 1.29 is 14.2 Å². The topological polar surface area (TPSA) is 27.7 Å². The SMILES string of the molecule is CC(C)(C)Oc1ccc2ccccc2c1.CC(C)(C)Oc1cccc2ccccc12.CC(C)(C)Oc1ccccc1. The lowest BCUT2D eigenvalue weighted by Crippen LogP contribution is -2.23. The number of ether oxygens (including phenoxy) is 3. The van der Waals surface area contributed by atoms with E-state index in [1.165, 1.54) is 21.5 Å². The van der Waals surface area contributed by atoms with Crippen LogP contribution in [0.15, 0.2) is 115 Å². The van der Waals surface area contributed by atoms with E-state index in [0.717, 1.165) is 17.2 Å². The Labute approximate surface area is 247 Å². The van der Waals surface area contributed by atoms with Crippen LogP contribution in [0.5, 0.6) is 17.2 Å². The second-order valence-corrected chi connectivity index (χ2v) is 12.9. The van der Waals surface area contributed by atoms with Gasteiger partial charge in [-0.1, -0.05) is 84.9 Å². The molecule has 5 aromatic rings.